The second-order valence-electron chi connectivity index (χ2n) is 6.67. The monoisotopic (exact) mass is 383 g/mol. The number of hydrogen-bond acceptors (Lipinski definition) is 6. The van der Waals surface area contributed by atoms with Gasteiger partial charge in [0.15, 0.2) is 0 Å². The molecule has 2 aromatic rings. The van der Waals surface area contributed by atoms with Crippen LogP contribution in [-0.4, -0.2) is 34.1 Å². The molecule has 8 heteroatoms. The van der Waals surface area contributed by atoms with Gasteiger partial charge in [-0.2, -0.15) is 5.26 Å². The van der Waals surface area contributed by atoms with Gasteiger partial charge in [-0.15, -0.1) is 11.8 Å². The van der Waals surface area contributed by atoms with Gasteiger partial charge < -0.3 is 10.6 Å². The van der Waals surface area contributed by atoms with Gasteiger partial charge >= 0.3 is 0 Å². The summed E-state index contributed by atoms with van der Waals surface area (Å²) in [6.07, 6.45) is 6.80. The zero-order chi connectivity index (χ0) is 19.4. The van der Waals surface area contributed by atoms with Crippen LogP contribution in [0.25, 0.3) is 10.8 Å². The number of carbonyl (C=O) groups excluding carboxylic acids is 2. The Labute approximate surface area is 161 Å². The van der Waals surface area contributed by atoms with Crippen molar-refractivity contribution in [2.45, 2.75) is 43.7 Å². The van der Waals surface area contributed by atoms with E-state index in [1.807, 2.05) is 12.3 Å². The van der Waals surface area contributed by atoms with E-state index < -0.39 is 0 Å². The lowest BCUT2D eigenvalue weighted by Crippen LogP contribution is -2.40. The highest BCUT2D eigenvalue weighted by molar-refractivity contribution is 7.98. The van der Waals surface area contributed by atoms with Gasteiger partial charge in [0.2, 0.25) is 11.8 Å². The Balaban J connectivity index is 1.77. The molecule has 140 valence electrons. The number of nitrogens with zero attached hydrogens (tertiary/aromatic N) is 3. The zero-order valence-electron chi connectivity index (χ0n) is 15.3. The first-order valence-electron chi connectivity index (χ1n) is 8.83. The molecule has 0 radical (unpaired) electrons. The van der Waals surface area contributed by atoms with Crippen molar-refractivity contribution in [2.75, 3.05) is 11.6 Å². The quantitative estimate of drug-likeness (QED) is 0.786. The normalized spacial score (nSPS) is 19.3. The molecule has 0 spiro atoms. The minimum absolute atomic E-state index is 0.0493. The van der Waals surface area contributed by atoms with Crippen molar-refractivity contribution in [3.8, 4) is 6.07 Å². The molecule has 0 bridgehead atoms. The highest BCUT2D eigenvalue weighted by atomic mass is 32.2. The van der Waals surface area contributed by atoms with Crippen LogP contribution in [0, 0.1) is 17.2 Å². The molecule has 1 saturated carbocycles. The molecule has 1 fully saturated rings. The number of amides is 2. The maximum atomic E-state index is 12.7. The standard InChI is InChI=1S/C19H21N5O2S/c1-11(25)22-14-5-3-4-12(6-14)18(26)24-17-8-16-13(10-21-17)7-15(9-20)23-19(16)27-2/h7-8,10,12,14H,3-6H2,1-2H3,(H,22,25)(H,21,24,26)/t12-,14+/m0/s1. The molecule has 0 aliphatic heterocycles. The number of nitrogens with one attached hydrogen (secondary N) is 2. The molecule has 2 atom stereocenters. The van der Waals surface area contributed by atoms with E-state index in [9.17, 15) is 9.59 Å². The summed E-state index contributed by atoms with van der Waals surface area (Å²) in [6, 6.07) is 5.58. The van der Waals surface area contributed by atoms with Crippen molar-refractivity contribution in [3.63, 3.8) is 0 Å². The summed E-state index contributed by atoms with van der Waals surface area (Å²) < 4.78 is 0. The van der Waals surface area contributed by atoms with E-state index >= 15 is 0 Å². The Bertz CT molecular complexity index is 924. The van der Waals surface area contributed by atoms with Crippen LogP contribution in [0.5, 0.6) is 0 Å². The van der Waals surface area contributed by atoms with Gasteiger partial charge in [0.05, 0.1) is 0 Å². The van der Waals surface area contributed by atoms with Crippen molar-refractivity contribution in [3.05, 3.63) is 24.0 Å². The first-order valence-corrected chi connectivity index (χ1v) is 10.1. The lowest BCUT2D eigenvalue weighted by Gasteiger charge is -2.28. The maximum Gasteiger partial charge on any atom is 0.228 e. The number of thioether (sulfide) groups is 1. The Morgan fingerprint density at radius 3 is 2.85 bits per heavy atom. The van der Waals surface area contributed by atoms with Crippen LogP contribution in [0.2, 0.25) is 0 Å². The van der Waals surface area contributed by atoms with Crippen LogP contribution in [-0.2, 0) is 9.59 Å². The molecule has 2 heterocycles. The fourth-order valence-corrected chi connectivity index (χ4v) is 4.06. The van der Waals surface area contributed by atoms with Crippen molar-refractivity contribution in [1.29, 1.82) is 5.26 Å². The van der Waals surface area contributed by atoms with E-state index in [0.717, 1.165) is 35.1 Å². The van der Waals surface area contributed by atoms with E-state index in [1.54, 1.807) is 18.3 Å². The van der Waals surface area contributed by atoms with Crippen LogP contribution in [0.15, 0.2) is 23.4 Å². The third-order valence-corrected chi connectivity index (χ3v) is 5.39. The summed E-state index contributed by atoms with van der Waals surface area (Å²) in [4.78, 5) is 32.5. The lowest BCUT2D eigenvalue weighted by molar-refractivity contribution is -0.123. The third-order valence-electron chi connectivity index (χ3n) is 4.69. The Morgan fingerprint density at radius 2 is 2.15 bits per heavy atom. The summed E-state index contributed by atoms with van der Waals surface area (Å²) in [6.45, 7) is 1.50. The summed E-state index contributed by atoms with van der Waals surface area (Å²) in [7, 11) is 0. The molecular weight excluding hydrogens is 362 g/mol. The summed E-state index contributed by atoms with van der Waals surface area (Å²) in [5.74, 6) is 0.179. The van der Waals surface area contributed by atoms with Crippen LogP contribution in [0.4, 0.5) is 5.82 Å². The zero-order valence-corrected chi connectivity index (χ0v) is 16.1. The molecule has 2 N–H and O–H groups in total. The van der Waals surface area contributed by atoms with E-state index in [2.05, 4.69) is 20.6 Å². The number of fused-ring (bicyclic) bond motifs is 1. The first kappa shape index (κ1) is 19.1. The van der Waals surface area contributed by atoms with Gasteiger partial charge in [-0.3, -0.25) is 9.59 Å². The highest BCUT2D eigenvalue weighted by Crippen LogP contribution is 2.28. The lowest BCUT2D eigenvalue weighted by atomic mass is 9.85. The largest absolute Gasteiger partial charge is 0.354 e. The SMILES string of the molecule is CSc1nc(C#N)cc2cnc(NC(=O)[C@H]3CCC[C@@H](NC(C)=O)C3)cc12. The second kappa shape index (κ2) is 8.35. The maximum absolute atomic E-state index is 12.7. The van der Waals surface area contributed by atoms with Crippen LogP contribution in [0.3, 0.4) is 0 Å². The number of anilines is 1. The van der Waals surface area contributed by atoms with Crippen LogP contribution < -0.4 is 10.6 Å². The molecule has 27 heavy (non-hydrogen) atoms. The average Bonchev–Trinajstić information content (AvgIpc) is 2.66. The second-order valence-corrected chi connectivity index (χ2v) is 7.46. The summed E-state index contributed by atoms with van der Waals surface area (Å²) >= 11 is 1.45. The first-order chi connectivity index (χ1) is 13.0. The fourth-order valence-electron chi connectivity index (χ4n) is 3.47. The molecule has 1 aliphatic rings. The van der Waals surface area contributed by atoms with E-state index in [0.29, 0.717) is 17.9 Å². The molecule has 0 saturated heterocycles. The molecule has 3 rings (SSSR count). The smallest absolute Gasteiger partial charge is 0.228 e. The molecule has 0 unspecified atom stereocenters. The number of carbonyl (C=O) groups is 2. The fraction of sp³-hybridized carbons (Fsp3) is 0.421. The van der Waals surface area contributed by atoms with E-state index in [4.69, 9.17) is 5.26 Å². The number of hydrogen-bond donors (Lipinski definition) is 2. The minimum atomic E-state index is -0.146. The molecule has 1 aliphatic carbocycles. The summed E-state index contributed by atoms with van der Waals surface area (Å²) in [5, 5.41) is 17.3. The van der Waals surface area contributed by atoms with Crippen LogP contribution >= 0.6 is 11.8 Å². The third kappa shape index (κ3) is 4.55. The number of pyridine rings is 2. The summed E-state index contributed by atoms with van der Waals surface area (Å²) in [5.41, 5.74) is 0.344. The number of aromatic nitrogens is 2. The molecule has 0 aromatic carbocycles. The van der Waals surface area contributed by atoms with E-state index in [1.165, 1.54) is 18.7 Å². The topological polar surface area (TPSA) is 108 Å². The van der Waals surface area contributed by atoms with Gasteiger partial charge in [0.25, 0.3) is 0 Å². The molecular formula is C19H21N5O2S. The Hall–Kier alpha value is -2.66. The predicted molar refractivity (Wildman–Crippen MR) is 104 cm³/mol. The van der Waals surface area contributed by atoms with Gasteiger partial charge in [0.1, 0.15) is 22.6 Å². The van der Waals surface area contributed by atoms with Crippen molar-refractivity contribution < 1.29 is 9.59 Å². The van der Waals surface area contributed by atoms with E-state index in [-0.39, 0.29) is 23.8 Å². The highest BCUT2D eigenvalue weighted by Gasteiger charge is 2.28. The van der Waals surface area contributed by atoms with Gasteiger partial charge in [-0.1, -0.05) is 6.42 Å². The molecule has 7 nitrogen and oxygen atoms in total. The average molecular weight is 383 g/mol. The number of nitriles is 1. The molecule has 2 aromatic heterocycles. The van der Waals surface area contributed by atoms with Crippen LogP contribution in [0.1, 0.15) is 38.3 Å². The Morgan fingerprint density at radius 1 is 1.33 bits per heavy atom. The predicted octanol–water partition coefficient (Wildman–Crippen LogP) is 2.86. The minimum Gasteiger partial charge on any atom is -0.354 e. The van der Waals surface area contributed by atoms with Crippen molar-refractivity contribution in [1.82, 2.24) is 15.3 Å². The number of rotatable bonds is 4. The van der Waals surface area contributed by atoms with Gasteiger partial charge in [-0.25, -0.2) is 9.97 Å². The van der Waals surface area contributed by atoms with Crippen molar-refractivity contribution >= 4 is 40.2 Å². The Kier molecular flexibility index (Phi) is 5.91. The molecule has 2 amide bonds. The van der Waals surface area contributed by atoms with Crippen molar-refractivity contribution in [2.24, 2.45) is 5.92 Å². The van der Waals surface area contributed by atoms with Gasteiger partial charge in [0, 0.05) is 35.9 Å². The van der Waals surface area contributed by atoms with Gasteiger partial charge in [-0.05, 0) is 37.7 Å².